The first-order valence-electron chi connectivity index (χ1n) is 6.90. The zero-order valence-corrected chi connectivity index (χ0v) is 11.9. The number of aromatic nitrogens is 2. The summed E-state index contributed by atoms with van der Waals surface area (Å²) in [5.41, 5.74) is 6.19. The first kappa shape index (κ1) is 15.1. The maximum absolute atomic E-state index is 10.6. The fourth-order valence-corrected chi connectivity index (χ4v) is 1.90. The molecule has 0 aliphatic rings. The average Bonchev–Trinajstić information content (AvgIpc) is 2.99. The van der Waals surface area contributed by atoms with Gasteiger partial charge in [-0.15, -0.1) is 0 Å². The zero-order chi connectivity index (χ0) is 14.9. The monoisotopic (exact) mass is 288 g/mol. The number of benzene rings is 1. The van der Waals surface area contributed by atoms with Crippen molar-refractivity contribution >= 4 is 5.91 Å². The van der Waals surface area contributed by atoms with Crippen LogP contribution in [-0.4, -0.2) is 28.6 Å². The van der Waals surface area contributed by atoms with Gasteiger partial charge in [0.25, 0.3) is 5.91 Å². The van der Waals surface area contributed by atoms with E-state index in [1.807, 2.05) is 36.8 Å². The normalized spacial score (nSPS) is 10.5. The molecule has 0 saturated heterocycles. The Labute approximate surface area is 123 Å². The number of aryl methyl sites for hydroxylation is 1. The maximum Gasteiger partial charge on any atom is 0.255 e. The van der Waals surface area contributed by atoms with Crippen molar-refractivity contribution in [1.29, 1.82) is 0 Å². The fourth-order valence-electron chi connectivity index (χ4n) is 1.90. The van der Waals surface area contributed by atoms with E-state index in [9.17, 15) is 4.79 Å². The Balaban J connectivity index is 1.63. The minimum absolute atomic E-state index is 0.0914. The summed E-state index contributed by atoms with van der Waals surface area (Å²) in [5, 5.41) is 3.39. The summed E-state index contributed by atoms with van der Waals surface area (Å²) in [6.07, 6.45) is 6.63. The smallest absolute Gasteiger partial charge is 0.255 e. The summed E-state index contributed by atoms with van der Waals surface area (Å²) >= 11 is 0. The van der Waals surface area contributed by atoms with Gasteiger partial charge in [0.2, 0.25) is 0 Å². The Morgan fingerprint density at radius 2 is 2.14 bits per heavy atom. The lowest BCUT2D eigenvalue weighted by atomic mass is 10.2. The molecule has 112 valence electrons. The molecule has 1 aromatic heterocycles. The molecule has 0 spiro atoms. The fraction of sp³-hybridized carbons (Fsp3) is 0.333. The Morgan fingerprint density at radius 1 is 1.33 bits per heavy atom. The van der Waals surface area contributed by atoms with Crippen molar-refractivity contribution in [2.24, 2.45) is 5.73 Å². The van der Waals surface area contributed by atoms with Crippen LogP contribution in [0.3, 0.4) is 0 Å². The minimum atomic E-state index is -0.473. The number of ether oxygens (including phenoxy) is 1. The molecule has 1 amide bonds. The van der Waals surface area contributed by atoms with Crippen molar-refractivity contribution in [3.63, 3.8) is 0 Å². The predicted octanol–water partition coefficient (Wildman–Crippen LogP) is 0.927. The average molecular weight is 288 g/mol. The van der Waals surface area contributed by atoms with Gasteiger partial charge in [-0.3, -0.25) is 4.79 Å². The molecule has 0 fully saturated rings. The van der Waals surface area contributed by atoms with E-state index in [-0.39, 0.29) is 6.61 Å². The van der Waals surface area contributed by atoms with E-state index in [0.717, 1.165) is 26.1 Å². The van der Waals surface area contributed by atoms with Crippen LogP contribution in [0.5, 0.6) is 5.75 Å². The molecule has 1 aromatic carbocycles. The van der Waals surface area contributed by atoms with Crippen molar-refractivity contribution in [2.75, 3.05) is 13.2 Å². The van der Waals surface area contributed by atoms with Crippen LogP contribution in [0.1, 0.15) is 12.0 Å². The molecule has 0 aliphatic heterocycles. The van der Waals surface area contributed by atoms with Crippen LogP contribution in [0.15, 0.2) is 43.0 Å². The third-order valence-corrected chi connectivity index (χ3v) is 2.96. The number of rotatable bonds is 9. The van der Waals surface area contributed by atoms with Crippen molar-refractivity contribution in [3.05, 3.63) is 48.5 Å². The molecule has 0 radical (unpaired) electrons. The van der Waals surface area contributed by atoms with Gasteiger partial charge in [0, 0.05) is 25.5 Å². The third kappa shape index (κ3) is 5.66. The number of amides is 1. The standard InChI is InChI=1S/C15H20N4O2/c16-15(20)11-21-14-4-2-13(3-5-14)10-17-6-1-8-19-9-7-18-12-19/h2-5,7,9,12,17H,1,6,8,10-11H2,(H2,16,20). The van der Waals surface area contributed by atoms with Crippen LogP contribution in [0.2, 0.25) is 0 Å². The van der Waals surface area contributed by atoms with E-state index in [1.165, 1.54) is 5.56 Å². The van der Waals surface area contributed by atoms with Gasteiger partial charge in [-0.25, -0.2) is 4.98 Å². The highest BCUT2D eigenvalue weighted by molar-refractivity contribution is 5.75. The van der Waals surface area contributed by atoms with Crippen molar-refractivity contribution in [1.82, 2.24) is 14.9 Å². The number of carbonyl (C=O) groups excluding carboxylic acids is 1. The molecule has 0 saturated carbocycles. The van der Waals surface area contributed by atoms with Gasteiger partial charge >= 0.3 is 0 Å². The predicted molar refractivity (Wildman–Crippen MR) is 79.7 cm³/mol. The van der Waals surface area contributed by atoms with Gasteiger partial charge in [0.05, 0.1) is 6.33 Å². The minimum Gasteiger partial charge on any atom is -0.484 e. The highest BCUT2D eigenvalue weighted by Crippen LogP contribution is 2.11. The molecular weight excluding hydrogens is 268 g/mol. The molecular formula is C15H20N4O2. The van der Waals surface area contributed by atoms with E-state index in [2.05, 4.69) is 14.9 Å². The summed E-state index contributed by atoms with van der Waals surface area (Å²) in [4.78, 5) is 14.6. The Bertz CT molecular complexity index is 537. The van der Waals surface area contributed by atoms with Crippen LogP contribution in [-0.2, 0) is 17.9 Å². The van der Waals surface area contributed by atoms with Gasteiger partial charge in [-0.05, 0) is 30.7 Å². The van der Waals surface area contributed by atoms with Crippen molar-refractivity contribution in [2.45, 2.75) is 19.5 Å². The highest BCUT2D eigenvalue weighted by atomic mass is 16.5. The molecule has 2 rings (SSSR count). The lowest BCUT2D eigenvalue weighted by molar-refractivity contribution is -0.119. The SMILES string of the molecule is NC(=O)COc1ccc(CNCCCn2ccnc2)cc1. The summed E-state index contributed by atoms with van der Waals surface area (Å²) in [6, 6.07) is 7.62. The lowest BCUT2D eigenvalue weighted by Gasteiger charge is -2.07. The molecule has 0 atom stereocenters. The number of nitrogens with one attached hydrogen (secondary N) is 1. The van der Waals surface area contributed by atoms with Gasteiger partial charge in [-0.1, -0.05) is 12.1 Å². The van der Waals surface area contributed by atoms with Crippen LogP contribution < -0.4 is 15.8 Å². The van der Waals surface area contributed by atoms with E-state index >= 15 is 0 Å². The van der Waals surface area contributed by atoms with Crippen molar-refractivity contribution < 1.29 is 9.53 Å². The quantitative estimate of drug-likeness (QED) is 0.672. The lowest BCUT2D eigenvalue weighted by Crippen LogP contribution is -2.20. The Hall–Kier alpha value is -2.34. The van der Waals surface area contributed by atoms with Crippen molar-refractivity contribution in [3.8, 4) is 5.75 Å². The van der Waals surface area contributed by atoms with Crippen LogP contribution in [0, 0.1) is 0 Å². The molecule has 6 heteroatoms. The van der Waals surface area contributed by atoms with Gasteiger partial charge in [0.15, 0.2) is 6.61 Å². The largest absolute Gasteiger partial charge is 0.484 e. The summed E-state index contributed by atoms with van der Waals surface area (Å²) in [6.45, 7) is 2.62. The molecule has 1 heterocycles. The molecule has 21 heavy (non-hydrogen) atoms. The Kier molecular flexibility index (Phi) is 5.78. The summed E-state index contributed by atoms with van der Waals surface area (Å²) < 4.78 is 7.27. The number of hydrogen-bond donors (Lipinski definition) is 2. The third-order valence-electron chi connectivity index (χ3n) is 2.96. The number of primary amides is 1. The highest BCUT2D eigenvalue weighted by Gasteiger charge is 1.98. The van der Waals surface area contributed by atoms with Gasteiger partial charge in [0.1, 0.15) is 5.75 Å². The topological polar surface area (TPSA) is 82.2 Å². The maximum atomic E-state index is 10.6. The van der Waals surface area contributed by atoms with E-state index in [0.29, 0.717) is 5.75 Å². The molecule has 3 N–H and O–H groups in total. The second-order valence-electron chi connectivity index (χ2n) is 4.73. The number of nitrogens with zero attached hydrogens (tertiary/aromatic N) is 2. The van der Waals surface area contributed by atoms with E-state index in [1.54, 1.807) is 6.20 Å². The van der Waals surface area contributed by atoms with Crippen LogP contribution in [0.25, 0.3) is 0 Å². The summed E-state index contributed by atoms with van der Waals surface area (Å²) in [5.74, 6) is 0.177. The van der Waals surface area contributed by atoms with Gasteiger partial charge in [-0.2, -0.15) is 0 Å². The number of nitrogens with two attached hydrogens (primary N) is 1. The van der Waals surface area contributed by atoms with Gasteiger partial charge < -0.3 is 20.4 Å². The molecule has 6 nitrogen and oxygen atoms in total. The Morgan fingerprint density at radius 3 is 2.81 bits per heavy atom. The van der Waals surface area contributed by atoms with E-state index < -0.39 is 5.91 Å². The second-order valence-corrected chi connectivity index (χ2v) is 4.73. The number of hydrogen-bond acceptors (Lipinski definition) is 4. The molecule has 0 unspecified atom stereocenters. The second kappa shape index (κ2) is 8.06. The zero-order valence-electron chi connectivity index (χ0n) is 11.9. The van der Waals surface area contributed by atoms with E-state index in [4.69, 9.17) is 10.5 Å². The molecule has 2 aromatic rings. The summed E-state index contributed by atoms with van der Waals surface area (Å²) in [7, 11) is 0. The number of carbonyl (C=O) groups is 1. The number of imidazole rings is 1. The first-order valence-corrected chi connectivity index (χ1v) is 6.90. The van der Waals surface area contributed by atoms with Crippen LogP contribution >= 0.6 is 0 Å². The molecule has 0 bridgehead atoms. The molecule has 0 aliphatic carbocycles. The first-order chi connectivity index (χ1) is 10.2. The van der Waals surface area contributed by atoms with Crippen LogP contribution in [0.4, 0.5) is 0 Å².